The van der Waals surface area contributed by atoms with E-state index in [9.17, 15) is 4.79 Å². The van der Waals surface area contributed by atoms with Crippen LogP contribution >= 0.6 is 0 Å². The Morgan fingerprint density at radius 3 is 2.85 bits per heavy atom. The lowest BCUT2D eigenvalue weighted by molar-refractivity contribution is 0.0957. The first-order chi connectivity index (χ1) is 12.7. The lowest BCUT2D eigenvalue weighted by atomic mass is 9.86. The molecule has 0 radical (unpaired) electrons. The molecule has 2 unspecified atom stereocenters. The van der Waals surface area contributed by atoms with Crippen molar-refractivity contribution in [2.45, 2.75) is 32.6 Å². The van der Waals surface area contributed by atoms with Crippen molar-refractivity contribution in [3.05, 3.63) is 59.4 Å². The summed E-state index contributed by atoms with van der Waals surface area (Å²) in [6.07, 6.45) is 9.81. The molecule has 1 fully saturated rings. The van der Waals surface area contributed by atoms with Crippen LogP contribution in [0.3, 0.4) is 0 Å². The number of carbonyl (C=O) groups excluding carboxylic acids is 1. The maximum Gasteiger partial charge on any atom is 0.225 e. The van der Waals surface area contributed by atoms with Gasteiger partial charge in [-0.15, -0.1) is 0 Å². The molecule has 1 aliphatic carbocycles. The zero-order valence-electron chi connectivity index (χ0n) is 15.3. The topological polar surface area (TPSA) is 46.1 Å². The molecule has 1 saturated heterocycles. The summed E-state index contributed by atoms with van der Waals surface area (Å²) in [6, 6.07) is 10.2. The van der Waals surface area contributed by atoms with Gasteiger partial charge in [0.05, 0.1) is 11.3 Å². The molecule has 0 spiro atoms. The van der Waals surface area contributed by atoms with Crippen LogP contribution < -0.4 is 4.90 Å². The first-order valence-electron chi connectivity index (χ1n) is 9.56. The van der Waals surface area contributed by atoms with Crippen molar-refractivity contribution in [1.29, 1.82) is 0 Å². The minimum atomic E-state index is 0.160. The summed E-state index contributed by atoms with van der Waals surface area (Å²) in [5.41, 5.74) is 2.78. The Morgan fingerprint density at radius 2 is 2.04 bits per heavy atom. The zero-order valence-corrected chi connectivity index (χ0v) is 15.3. The van der Waals surface area contributed by atoms with Crippen molar-refractivity contribution in [2.75, 3.05) is 18.0 Å². The molecule has 2 atom stereocenters. The van der Waals surface area contributed by atoms with Crippen molar-refractivity contribution < 1.29 is 4.79 Å². The van der Waals surface area contributed by atoms with Gasteiger partial charge in [0, 0.05) is 25.7 Å². The number of hydrogen-bond acceptors (Lipinski definition) is 4. The van der Waals surface area contributed by atoms with E-state index in [1.807, 2.05) is 18.2 Å². The molecule has 0 bridgehead atoms. The number of benzene rings is 1. The molecule has 0 N–H and O–H groups in total. The lowest BCUT2D eigenvalue weighted by Crippen LogP contribution is -2.36. The molecule has 0 amide bonds. The van der Waals surface area contributed by atoms with E-state index in [0.29, 0.717) is 17.9 Å². The quantitative estimate of drug-likeness (QED) is 0.836. The third-order valence-electron chi connectivity index (χ3n) is 5.36. The Bertz CT molecular complexity index is 815. The average molecular weight is 347 g/mol. The Balaban J connectivity index is 1.53. The number of piperidine rings is 1. The zero-order chi connectivity index (χ0) is 17.9. The maximum atomic E-state index is 12.5. The molecule has 4 heteroatoms. The number of aromatic nitrogens is 2. The average Bonchev–Trinajstić information content (AvgIpc) is 2.67. The third kappa shape index (κ3) is 3.69. The molecule has 1 aliphatic heterocycles. The van der Waals surface area contributed by atoms with Crippen molar-refractivity contribution in [2.24, 2.45) is 11.8 Å². The van der Waals surface area contributed by atoms with Gasteiger partial charge in [0.1, 0.15) is 0 Å². The highest BCUT2D eigenvalue weighted by molar-refractivity contribution is 5.98. The van der Waals surface area contributed by atoms with Crippen LogP contribution in [0.25, 0.3) is 6.08 Å². The number of Topliss-reactive ketones (excluding diaryl/α,β-unsaturated/α-hetero) is 1. The van der Waals surface area contributed by atoms with E-state index in [-0.39, 0.29) is 11.7 Å². The van der Waals surface area contributed by atoms with Gasteiger partial charge in [-0.3, -0.25) is 4.79 Å². The van der Waals surface area contributed by atoms with Gasteiger partial charge in [0.15, 0.2) is 5.78 Å². The van der Waals surface area contributed by atoms with Crippen LogP contribution in [0.2, 0.25) is 0 Å². The van der Waals surface area contributed by atoms with Gasteiger partial charge in [-0.2, -0.15) is 0 Å². The fraction of sp³-hybridized carbons (Fsp3) is 0.409. The van der Waals surface area contributed by atoms with Crippen LogP contribution in [0.4, 0.5) is 5.95 Å². The molecule has 1 aromatic carbocycles. The molecule has 2 heterocycles. The second-order valence-electron chi connectivity index (χ2n) is 7.59. The van der Waals surface area contributed by atoms with Crippen LogP contribution in [-0.2, 0) is 6.42 Å². The molecule has 26 heavy (non-hydrogen) atoms. The number of nitrogens with zero attached hydrogens (tertiary/aromatic N) is 3. The minimum Gasteiger partial charge on any atom is -0.341 e. The number of ketones is 1. The summed E-state index contributed by atoms with van der Waals surface area (Å²) >= 11 is 0. The van der Waals surface area contributed by atoms with E-state index in [0.717, 1.165) is 36.7 Å². The van der Waals surface area contributed by atoms with Crippen molar-refractivity contribution in [1.82, 2.24) is 9.97 Å². The molecule has 134 valence electrons. The second-order valence-corrected chi connectivity index (χ2v) is 7.59. The fourth-order valence-electron chi connectivity index (χ4n) is 3.93. The van der Waals surface area contributed by atoms with Crippen LogP contribution in [-0.4, -0.2) is 28.8 Å². The van der Waals surface area contributed by atoms with E-state index in [2.05, 4.69) is 41.1 Å². The Morgan fingerprint density at radius 1 is 1.19 bits per heavy atom. The second kappa shape index (κ2) is 7.40. The van der Waals surface area contributed by atoms with E-state index in [1.54, 1.807) is 6.20 Å². The van der Waals surface area contributed by atoms with E-state index >= 15 is 0 Å². The van der Waals surface area contributed by atoms with Gasteiger partial charge in [-0.25, -0.2) is 9.97 Å². The van der Waals surface area contributed by atoms with Crippen LogP contribution in [0.15, 0.2) is 42.6 Å². The molecule has 2 aromatic rings. The van der Waals surface area contributed by atoms with E-state index in [1.165, 1.54) is 12.8 Å². The Hall–Kier alpha value is -2.49. The first-order valence-corrected chi connectivity index (χ1v) is 9.56. The molecule has 1 aromatic heterocycles. The first kappa shape index (κ1) is 17.0. The van der Waals surface area contributed by atoms with Crippen LogP contribution in [0, 0.1) is 11.8 Å². The van der Waals surface area contributed by atoms with Gasteiger partial charge in [-0.1, -0.05) is 49.4 Å². The Kier molecular flexibility index (Phi) is 4.83. The minimum absolute atomic E-state index is 0.160. The summed E-state index contributed by atoms with van der Waals surface area (Å²) in [5, 5.41) is 0. The molecule has 0 saturated carbocycles. The normalized spacial score (nSPS) is 23.3. The van der Waals surface area contributed by atoms with Crippen molar-refractivity contribution >= 4 is 17.8 Å². The number of anilines is 1. The highest BCUT2D eigenvalue weighted by atomic mass is 16.1. The highest BCUT2D eigenvalue weighted by Gasteiger charge is 2.27. The molecular weight excluding hydrogens is 322 g/mol. The van der Waals surface area contributed by atoms with Crippen LogP contribution in [0.1, 0.15) is 47.8 Å². The number of allylic oxidation sites excluding steroid dienone is 1. The van der Waals surface area contributed by atoms with Gasteiger partial charge >= 0.3 is 0 Å². The summed E-state index contributed by atoms with van der Waals surface area (Å²) in [5.74, 6) is 1.83. The monoisotopic (exact) mass is 347 g/mol. The number of carbonyl (C=O) groups is 1. The fourth-order valence-corrected chi connectivity index (χ4v) is 3.93. The van der Waals surface area contributed by atoms with Gasteiger partial charge in [0.25, 0.3) is 0 Å². The third-order valence-corrected chi connectivity index (χ3v) is 5.36. The summed E-state index contributed by atoms with van der Waals surface area (Å²) in [4.78, 5) is 24.1. The lowest BCUT2D eigenvalue weighted by Gasteiger charge is -2.31. The maximum absolute atomic E-state index is 12.5. The number of hydrogen-bond donors (Lipinski definition) is 0. The SMILES string of the molecule is CC1CCCN(c2ncc3c(n2)CC(/C=C/c2ccccc2)CC3=O)C1. The van der Waals surface area contributed by atoms with E-state index < -0.39 is 0 Å². The summed E-state index contributed by atoms with van der Waals surface area (Å²) < 4.78 is 0. The van der Waals surface area contributed by atoms with E-state index in [4.69, 9.17) is 4.98 Å². The number of rotatable bonds is 3. The largest absolute Gasteiger partial charge is 0.341 e. The standard InChI is InChI=1S/C22H25N3O/c1-16-6-5-11-25(15-16)22-23-14-19-20(24-22)12-18(13-21(19)26)10-9-17-7-3-2-4-8-17/h2-4,7-10,14,16,18H,5-6,11-13,15H2,1H3/b10-9+. The van der Waals surface area contributed by atoms with Gasteiger partial charge < -0.3 is 4.90 Å². The van der Waals surface area contributed by atoms with Crippen molar-refractivity contribution in [3.8, 4) is 0 Å². The van der Waals surface area contributed by atoms with Crippen LogP contribution in [0.5, 0.6) is 0 Å². The molecule has 2 aliphatic rings. The van der Waals surface area contributed by atoms with Crippen molar-refractivity contribution in [3.63, 3.8) is 0 Å². The predicted octanol–water partition coefficient (Wildman–Crippen LogP) is 4.17. The number of fused-ring (bicyclic) bond motifs is 1. The molecule has 4 nitrogen and oxygen atoms in total. The van der Waals surface area contributed by atoms with Gasteiger partial charge in [0.2, 0.25) is 5.95 Å². The predicted molar refractivity (Wildman–Crippen MR) is 104 cm³/mol. The summed E-state index contributed by atoms with van der Waals surface area (Å²) in [6.45, 7) is 4.29. The smallest absolute Gasteiger partial charge is 0.225 e. The van der Waals surface area contributed by atoms with Gasteiger partial charge in [-0.05, 0) is 36.7 Å². The molecule has 4 rings (SSSR count). The summed E-state index contributed by atoms with van der Waals surface area (Å²) in [7, 11) is 0. The highest BCUT2D eigenvalue weighted by Crippen LogP contribution is 2.28. The molecular formula is C22H25N3O. The Labute approximate surface area is 155 Å².